The highest BCUT2D eigenvalue weighted by Crippen LogP contribution is 2.35. The van der Waals surface area contributed by atoms with Crippen LogP contribution in [0.5, 0.6) is 0 Å². The van der Waals surface area contributed by atoms with Crippen LogP contribution in [0.4, 0.5) is 4.79 Å². The van der Waals surface area contributed by atoms with Crippen LogP contribution in [0.3, 0.4) is 0 Å². The van der Waals surface area contributed by atoms with Gasteiger partial charge in [-0.25, -0.2) is 9.00 Å². The lowest BCUT2D eigenvalue weighted by atomic mass is 10.0. The molecule has 2 rings (SSSR count). The van der Waals surface area contributed by atoms with E-state index in [1.54, 1.807) is 11.8 Å². The van der Waals surface area contributed by atoms with Gasteiger partial charge in [0.2, 0.25) is 0 Å². The first-order valence-corrected chi connectivity index (χ1v) is 10.1. The number of urea groups is 1. The molecule has 0 aromatic heterocycles. The summed E-state index contributed by atoms with van der Waals surface area (Å²) in [6.45, 7) is -0.256. The molecular weight excluding hydrogens is 322 g/mol. The number of nitrogens with one attached hydrogen (secondary N) is 2. The molecular formula is C14H19N3O3S2. The maximum atomic E-state index is 11.9. The molecule has 1 heterocycles. The Morgan fingerprint density at radius 2 is 2.09 bits per heavy atom. The SMILES string of the molecule is CS(C)(=O)=NC(=O)CNC(=O)NC1CCSc2ccccc21. The molecule has 1 aromatic rings. The van der Waals surface area contributed by atoms with Crippen LogP contribution in [0.2, 0.25) is 0 Å². The van der Waals surface area contributed by atoms with Crippen LogP contribution in [0.25, 0.3) is 0 Å². The van der Waals surface area contributed by atoms with Crippen LogP contribution in [0.15, 0.2) is 33.5 Å². The molecule has 0 spiro atoms. The first kappa shape index (κ1) is 16.8. The third-order valence-electron chi connectivity index (χ3n) is 2.99. The Labute approximate surface area is 134 Å². The number of hydrogen-bond acceptors (Lipinski definition) is 4. The van der Waals surface area contributed by atoms with Gasteiger partial charge in [-0.1, -0.05) is 18.2 Å². The van der Waals surface area contributed by atoms with Crippen molar-refractivity contribution in [3.63, 3.8) is 0 Å². The van der Waals surface area contributed by atoms with E-state index in [0.29, 0.717) is 0 Å². The third-order valence-corrected chi connectivity index (χ3v) is 4.75. The molecule has 0 radical (unpaired) electrons. The number of rotatable bonds is 3. The van der Waals surface area contributed by atoms with Gasteiger partial charge in [0.15, 0.2) is 0 Å². The van der Waals surface area contributed by atoms with Crippen molar-refractivity contribution in [3.8, 4) is 0 Å². The van der Waals surface area contributed by atoms with Crippen molar-refractivity contribution in [3.05, 3.63) is 29.8 Å². The first-order chi connectivity index (χ1) is 10.3. The van der Waals surface area contributed by atoms with Gasteiger partial charge in [0.05, 0.1) is 6.04 Å². The zero-order valence-electron chi connectivity index (χ0n) is 12.5. The Balaban J connectivity index is 1.91. The van der Waals surface area contributed by atoms with Gasteiger partial charge in [0.25, 0.3) is 5.91 Å². The second kappa shape index (κ2) is 7.15. The van der Waals surface area contributed by atoms with Crippen molar-refractivity contribution in [1.29, 1.82) is 0 Å². The topological polar surface area (TPSA) is 87.6 Å². The number of fused-ring (bicyclic) bond motifs is 1. The molecule has 1 atom stereocenters. The molecule has 120 valence electrons. The lowest BCUT2D eigenvalue weighted by Gasteiger charge is -2.25. The van der Waals surface area contributed by atoms with Crippen molar-refractivity contribution in [2.24, 2.45) is 4.36 Å². The summed E-state index contributed by atoms with van der Waals surface area (Å²) in [6, 6.07) is 7.46. The smallest absolute Gasteiger partial charge is 0.315 e. The predicted octanol–water partition coefficient (Wildman–Crippen LogP) is 1.78. The summed E-state index contributed by atoms with van der Waals surface area (Å²) in [6.07, 6.45) is 3.59. The first-order valence-electron chi connectivity index (χ1n) is 6.81. The minimum atomic E-state index is -2.49. The van der Waals surface area contributed by atoms with E-state index in [9.17, 15) is 13.8 Å². The third kappa shape index (κ3) is 5.03. The van der Waals surface area contributed by atoms with E-state index >= 15 is 0 Å². The summed E-state index contributed by atoms with van der Waals surface area (Å²) < 4.78 is 14.9. The number of amides is 3. The predicted molar refractivity (Wildman–Crippen MR) is 88.5 cm³/mol. The molecule has 1 aliphatic rings. The van der Waals surface area contributed by atoms with Gasteiger partial charge in [-0.3, -0.25) is 4.79 Å². The summed E-state index contributed by atoms with van der Waals surface area (Å²) in [5.74, 6) is 0.342. The fourth-order valence-electron chi connectivity index (χ4n) is 2.13. The van der Waals surface area contributed by atoms with E-state index in [1.807, 2.05) is 24.3 Å². The summed E-state index contributed by atoms with van der Waals surface area (Å²) >= 11 is 1.77. The molecule has 0 bridgehead atoms. The Morgan fingerprint density at radius 3 is 2.82 bits per heavy atom. The quantitative estimate of drug-likeness (QED) is 0.877. The second-order valence-corrected chi connectivity index (χ2v) is 8.90. The molecule has 3 amide bonds. The van der Waals surface area contributed by atoms with E-state index in [2.05, 4.69) is 15.0 Å². The van der Waals surface area contributed by atoms with Crippen LogP contribution in [0.1, 0.15) is 18.0 Å². The minimum Gasteiger partial charge on any atom is -0.331 e. The molecule has 0 saturated heterocycles. The highest BCUT2D eigenvalue weighted by atomic mass is 32.2. The van der Waals surface area contributed by atoms with Gasteiger partial charge in [-0.05, 0) is 18.1 Å². The van der Waals surface area contributed by atoms with Crippen LogP contribution >= 0.6 is 11.8 Å². The second-order valence-electron chi connectivity index (χ2n) is 5.22. The van der Waals surface area contributed by atoms with Crippen molar-refractivity contribution in [1.82, 2.24) is 10.6 Å². The van der Waals surface area contributed by atoms with Crippen molar-refractivity contribution < 1.29 is 13.8 Å². The normalized spacial score (nSPS) is 17.3. The summed E-state index contributed by atoms with van der Waals surface area (Å²) in [7, 11) is -2.49. The molecule has 0 fully saturated rings. The number of carbonyl (C=O) groups is 2. The fourth-order valence-corrected chi connectivity index (χ4v) is 3.81. The standard InChI is InChI=1S/C14H19N3O3S2/c1-22(2,20)17-13(18)9-15-14(19)16-11-7-8-21-12-6-4-3-5-10(11)12/h3-6,11H,7-9H2,1-2H3,(H2,15,16,19). The largest absolute Gasteiger partial charge is 0.331 e. The molecule has 0 aliphatic carbocycles. The summed E-state index contributed by atoms with van der Waals surface area (Å²) in [4.78, 5) is 24.5. The van der Waals surface area contributed by atoms with Gasteiger partial charge < -0.3 is 10.6 Å². The van der Waals surface area contributed by atoms with Crippen molar-refractivity contribution in [2.45, 2.75) is 17.4 Å². The minimum absolute atomic E-state index is 0.0638. The lowest BCUT2D eigenvalue weighted by Crippen LogP contribution is -2.41. The van der Waals surface area contributed by atoms with E-state index in [4.69, 9.17) is 0 Å². The van der Waals surface area contributed by atoms with E-state index < -0.39 is 21.7 Å². The average Bonchev–Trinajstić information content (AvgIpc) is 2.44. The molecule has 1 unspecified atom stereocenters. The highest BCUT2D eigenvalue weighted by Gasteiger charge is 2.21. The average molecular weight is 341 g/mol. The van der Waals surface area contributed by atoms with E-state index in [0.717, 1.165) is 17.7 Å². The Morgan fingerprint density at radius 1 is 1.36 bits per heavy atom. The van der Waals surface area contributed by atoms with Crippen LogP contribution in [0, 0.1) is 0 Å². The maximum absolute atomic E-state index is 11.9. The lowest BCUT2D eigenvalue weighted by molar-refractivity contribution is -0.116. The van der Waals surface area contributed by atoms with E-state index in [-0.39, 0.29) is 12.6 Å². The van der Waals surface area contributed by atoms with Crippen LogP contribution < -0.4 is 10.6 Å². The zero-order valence-corrected chi connectivity index (χ0v) is 14.1. The Hall–Kier alpha value is -1.54. The van der Waals surface area contributed by atoms with Gasteiger partial charge in [0.1, 0.15) is 6.54 Å². The number of hydrogen-bond donors (Lipinski definition) is 2. The summed E-state index contributed by atoms with van der Waals surface area (Å²) in [5.41, 5.74) is 1.09. The number of carbonyl (C=O) groups excluding carboxylic acids is 2. The number of thioether (sulfide) groups is 1. The highest BCUT2D eigenvalue weighted by molar-refractivity contribution is 7.99. The molecule has 8 heteroatoms. The van der Waals surface area contributed by atoms with Gasteiger partial charge in [-0.15, -0.1) is 11.8 Å². The summed E-state index contributed by atoms with van der Waals surface area (Å²) in [5, 5.41) is 5.32. The van der Waals surface area contributed by atoms with Gasteiger partial charge >= 0.3 is 6.03 Å². The van der Waals surface area contributed by atoms with E-state index in [1.165, 1.54) is 17.4 Å². The number of benzene rings is 1. The molecule has 6 nitrogen and oxygen atoms in total. The molecule has 1 aliphatic heterocycles. The van der Waals surface area contributed by atoms with Crippen molar-refractivity contribution >= 4 is 33.4 Å². The Kier molecular flexibility index (Phi) is 5.47. The molecule has 0 saturated carbocycles. The Bertz CT molecular complexity index is 688. The zero-order chi connectivity index (χ0) is 16.2. The molecule has 2 N–H and O–H groups in total. The number of nitrogens with zero attached hydrogens (tertiary/aromatic N) is 1. The van der Waals surface area contributed by atoms with Gasteiger partial charge in [0, 0.05) is 32.9 Å². The molecule has 22 heavy (non-hydrogen) atoms. The maximum Gasteiger partial charge on any atom is 0.315 e. The monoisotopic (exact) mass is 341 g/mol. The molecule has 1 aromatic carbocycles. The van der Waals surface area contributed by atoms with Crippen molar-refractivity contribution in [2.75, 3.05) is 24.8 Å². The van der Waals surface area contributed by atoms with Crippen LogP contribution in [-0.4, -0.2) is 41.0 Å². The van der Waals surface area contributed by atoms with Gasteiger partial charge in [-0.2, -0.15) is 4.36 Å². The van der Waals surface area contributed by atoms with Crippen LogP contribution in [-0.2, 0) is 14.5 Å². The fraction of sp³-hybridized carbons (Fsp3) is 0.429.